The van der Waals surface area contributed by atoms with E-state index in [1.54, 1.807) is 28.6 Å². The van der Waals surface area contributed by atoms with Crippen molar-refractivity contribution in [2.75, 3.05) is 24.5 Å². The van der Waals surface area contributed by atoms with Gasteiger partial charge in [0.15, 0.2) is 0 Å². The molecule has 1 aliphatic rings. The number of carbonyl (C=O) groups is 1. The zero-order valence-electron chi connectivity index (χ0n) is 12.5. The molecule has 4 rings (SSSR count). The molecule has 1 fully saturated rings. The second-order valence-corrected chi connectivity index (χ2v) is 7.12. The van der Waals surface area contributed by atoms with Crippen LogP contribution in [0.2, 0.25) is 0 Å². The highest BCUT2D eigenvalue weighted by atomic mass is 32.1. The van der Waals surface area contributed by atoms with Crippen molar-refractivity contribution >= 4 is 44.6 Å². The van der Waals surface area contributed by atoms with Gasteiger partial charge in [-0.15, -0.1) is 22.7 Å². The van der Waals surface area contributed by atoms with E-state index >= 15 is 0 Å². The molecule has 0 unspecified atom stereocenters. The average molecular weight is 345 g/mol. The fraction of sp³-hybridized carbons (Fsp3) is 0.333. The van der Waals surface area contributed by atoms with Crippen molar-refractivity contribution in [3.63, 3.8) is 0 Å². The summed E-state index contributed by atoms with van der Waals surface area (Å²) < 4.78 is 0. The maximum absolute atomic E-state index is 12.5. The summed E-state index contributed by atoms with van der Waals surface area (Å²) in [5.74, 6) is 0.977. The van der Waals surface area contributed by atoms with Crippen molar-refractivity contribution in [1.82, 2.24) is 19.9 Å². The Labute approximate surface area is 141 Å². The third kappa shape index (κ3) is 2.57. The average Bonchev–Trinajstić information content (AvgIpc) is 3.25. The number of piperazine rings is 1. The molecule has 0 bridgehead atoms. The van der Waals surface area contributed by atoms with Crippen molar-refractivity contribution in [2.45, 2.75) is 13.0 Å². The van der Waals surface area contributed by atoms with Gasteiger partial charge in [0.25, 0.3) is 5.91 Å². The van der Waals surface area contributed by atoms with Crippen LogP contribution in [0.15, 0.2) is 28.7 Å². The Kier molecular flexibility index (Phi) is 3.70. The Morgan fingerprint density at radius 1 is 1.30 bits per heavy atom. The van der Waals surface area contributed by atoms with Crippen molar-refractivity contribution in [1.29, 1.82) is 0 Å². The lowest BCUT2D eigenvalue weighted by Crippen LogP contribution is -2.54. The Bertz CT molecular complexity index is 831. The van der Waals surface area contributed by atoms with Crippen LogP contribution in [-0.4, -0.2) is 51.4 Å². The molecule has 6 nitrogen and oxygen atoms in total. The second-order valence-electron chi connectivity index (χ2n) is 5.50. The van der Waals surface area contributed by atoms with Crippen LogP contribution in [0.1, 0.15) is 17.4 Å². The van der Waals surface area contributed by atoms with E-state index in [9.17, 15) is 4.79 Å². The number of fused-ring (bicyclic) bond motifs is 1. The third-order valence-corrected chi connectivity index (χ3v) is 5.49. The quantitative estimate of drug-likeness (QED) is 0.714. The lowest BCUT2D eigenvalue weighted by atomic mass is 10.1. The van der Waals surface area contributed by atoms with Crippen molar-refractivity contribution in [3.05, 3.63) is 34.4 Å². The van der Waals surface area contributed by atoms with E-state index in [2.05, 4.69) is 32.8 Å². The molecule has 4 heterocycles. The van der Waals surface area contributed by atoms with Crippen LogP contribution in [0.3, 0.4) is 0 Å². The van der Waals surface area contributed by atoms with Crippen LogP contribution in [0.25, 0.3) is 10.2 Å². The number of aromatic nitrogens is 3. The van der Waals surface area contributed by atoms with Crippen molar-refractivity contribution in [2.24, 2.45) is 0 Å². The van der Waals surface area contributed by atoms with E-state index in [0.717, 1.165) is 29.1 Å². The summed E-state index contributed by atoms with van der Waals surface area (Å²) >= 11 is 3.07. The molecule has 8 heteroatoms. The zero-order valence-corrected chi connectivity index (χ0v) is 14.2. The van der Waals surface area contributed by atoms with E-state index in [1.807, 2.05) is 10.3 Å². The van der Waals surface area contributed by atoms with Crippen LogP contribution in [0.5, 0.6) is 0 Å². The summed E-state index contributed by atoms with van der Waals surface area (Å²) in [5, 5.41) is 4.93. The predicted octanol–water partition coefficient (Wildman–Crippen LogP) is 2.50. The largest absolute Gasteiger partial charge is 0.352 e. The van der Waals surface area contributed by atoms with Gasteiger partial charge in [0.2, 0.25) is 0 Å². The van der Waals surface area contributed by atoms with Gasteiger partial charge in [-0.1, -0.05) is 0 Å². The fourth-order valence-electron chi connectivity index (χ4n) is 2.95. The van der Waals surface area contributed by atoms with Gasteiger partial charge in [-0.05, 0) is 18.4 Å². The first-order valence-corrected chi connectivity index (χ1v) is 9.18. The maximum atomic E-state index is 12.5. The molecule has 0 aliphatic carbocycles. The van der Waals surface area contributed by atoms with Gasteiger partial charge in [0, 0.05) is 31.1 Å². The molecular weight excluding hydrogens is 330 g/mol. The van der Waals surface area contributed by atoms with Crippen molar-refractivity contribution in [3.8, 4) is 0 Å². The van der Waals surface area contributed by atoms with Crippen LogP contribution in [0.4, 0.5) is 5.82 Å². The molecule has 3 aromatic heterocycles. The van der Waals surface area contributed by atoms with Gasteiger partial charge in [-0.3, -0.25) is 4.79 Å². The molecule has 1 saturated heterocycles. The van der Waals surface area contributed by atoms with Gasteiger partial charge in [-0.25, -0.2) is 15.0 Å². The van der Waals surface area contributed by atoms with Crippen LogP contribution in [-0.2, 0) is 0 Å². The highest BCUT2D eigenvalue weighted by Crippen LogP contribution is 2.28. The smallest absolute Gasteiger partial charge is 0.273 e. The van der Waals surface area contributed by atoms with E-state index in [-0.39, 0.29) is 11.9 Å². The number of hydrogen-bond acceptors (Lipinski definition) is 7. The van der Waals surface area contributed by atoms with Crippen LogP contribution in [0, 0.1) is 0 Å². The molecule has 0 N–H and O–H groups in total. The third-order valence-electron chi connectivity index (χ3n) is 4.08. The highest BCUT2D eigenvalue weighted by molar-refractivity contribution is 7.16. The summed E-state index contributed by atoms with van der Waals surface area (Å²) in [6, 6.07) is 2.17. The first kappa shape index (κ1) is 14.5. The number of anilines is 1. The molecule has 23 heavy (non-hydrogen) atoms. The lowest BCUT2D eigenvalue weighted by Gasteiger charge is -2.40. The number of thiophene rings is 1. The van der Waals surface area contributed by atoms with Crippen LogP contribution >= 0.6 is 22.7 Å². The Morgan fingerprint density at radius 2 is 2.22 bits per heavy atom. The topological polar surface area (TPSA) is 62.2 Å². The van der Waals surface area contributed by atoms with Crippen LogP contribution < -0.4 is 4.90 Å². The molecule has 0 aromatic carbocycles. The summed E-state index contributed by atoms with van der Waals surface area (Å²) in [6.45, 7) is 4.27. The Balaban J connectivity index is 1.55. The minimum absolute atomic E-state index is 0.0155. The van der Waals surface area contributed by atoms with E-state index in [4.69, 9.17) is 0 Å². The molecule has 0 spiro atoms. The van der Waals surface area contributed by atoms with E-state index < -0.39 is 0 Å². The Morgan fingerprint density at radius 3 is 3.00 bits per heavy atom. The monoisotopic (exact) mass is 345 g/mol. The minimum Gasteiger partial charge on any atom is -0.352 e. The molecule has 0 saturated carbocycles. The maximum Gasteiger partial charge on any atom is 0.273 e. The minimum atomic E-state index is 0.0155. The number of carbonyl (C=O) groups excluding carboxylic acids is 1. The number of hydrogen-bond donors (Lipinski definition) is 0. The summed E-state index contributed by atoms with van der Waals surface area (Å²) in [4.78, 5) is 30.6. The molecule has 118 valence electrons. The standard InChI is InChI=1S/C15H15N5OS2/c1-10-6-19(13-11-2-5-23-14(11)17-8-16-13)3-4-20(10)15(21)12-7-22-9-18-12/h2,5,7-10H,3-4,6H2,1H3/t10-/m0/s1. The Hall–Kier alpha value is -2.06. The molecule has 0 radical (unpaired) electrons. The van der Waals surface area contributed by atoms with Gasteiger partial charge in [0.05, 0.1) is 10.9 Å². The lowest BCUT2D eigenvalue weighted by molar-refractivity contribution is 0.0668. The number of thiazole rings is 1. The normalized spacial score (nSPS) is 18.6. The molecule has 1 amide bonds. The molecule has 1 atom stereocenters. The first-order valence-electron chi connectivity index (χ1n) is 7.36. The van der Waals surface area contributed by atoms with E-state index in [0.29, 0.717) is 12.2 Å². The van der Waals surface area contributed by atoms with Gasteiger partial charge >= 0.3 is 0 Å². The van der Waals surface area contributed by atoms with E-state index in [1.165, 1.54) is 11.3 Å². The molecule has 1 aliphatic heterocycles. The van der Waals surface area contributed by atoms with Crippen molar-refractivity contribution < 1.29 is 4.79 Å². The zero-order chi connectivity index (χ0) is 15.8. The summed E-state index contributed by atoms with van der Waals surface area (Å²) in [5.41, 5.74) is 2.24. The predicted molar refractivity (Wildman–Crippen MR) is 92.2 cm³/mol. The second kappa shape index (κ2) is 5.86. The first-order chi connectivity index (χ1) is 11.2. The van der Waals surface area contributed by atoms with Gasteiger partial charge in [0.1, 0.15) is 22.7 Å². The summed E-state index contributed by atoms with van der Waals surface area (Å²) in [6.07, 6.45) is 1.62. The summed E-state index contributed by atoms with van der Waals surface area (Å²) in [7, 11) is 0. The SMILES string of the molecule is C[C@H]1CN(c2ncnc3sccc23)CCN1C(=O)c1cscn1. The molecular formula is C15H15N5OS2. The number of nitrogens with zero attached hydrogens (tertiary/aromatic N) is 5. The van der Waals surface area contributed by atoms with Gasteiger partial charge in [-0.2, -0.15) is 0 Å². The molecule has 3 aromatic rings. The van der Waals surface area contributed by atoms with Gasteiger partial charge < -0.3 is 9.80 Å². The fourth-order valence-corrected chi connectivity index (χ4v) is 4.20. The number of amides is 1. The highest BCUT2D eigenvalue weighted by Gasteiger charge is 2.30. The number of rotatable bonds is 2.